The first-order valence-electron chi connectivity index (χ1n) is 10.1. The van der Waals surface area contributed by atoms with E-state index in [2.05, 4.69) is 5.32 Å². The summed E-state index contributed by atoms with van der Waals surface area (Å²) in [5.74, 6) is -0.849. The molecule has 0 unspecified atom stereocenters. The molecule has 0 aliphatic rings. The highest BCUT2D eigenvalue weighted by Gasteiger charge is 2.23. The molecule has 0 bridgehead atoms. The van der Waals surface area contributed by atoms with Gasteiger partial charge in [-0.25, -0.2) is 9.18 Å². The Hall–Kier alpha value is -3.35. The molecule has 4 aromatic rings. The number of nitrogens with zero attached hydrogens (tertiary/aromatic N) is 1. The predicted octanol–water partition coefficient (Wildman–Crippen LogP) is 5.48. The van der Waals surface area contributed by atoms with Gasteiger partial charge in [0.1, 0.15) is 17.3 Å². The maximum Gasteiger partial charge on any atom is 0.352 e. The van der Waals surface area contributed by atoms with Gasteiger partial charge in [-0.05, 0) is 35.9 Å². The topological polar surface area (TPSA) is 63.5 Å². The Morgan fingerprint density at radius 1 is 1.09 bits per heavy atom. The van der Waals surface area contributed by atoms with Crippen molar-refractivity contribution in [3.63, 3.8) is 0 Å². The van der Waals surface area contributed by atoms with E-state index in [0.29, 0.717) is 40.5 Å². The number of carboxylic acids is 1. The van der Waals surface area contributed by atoms with Crippen LogP contribution in [0.5, 0.6) is 5.75 Å². The lowest BCUT2D eigenvalue weighted by Gasteiger charge is -2.11. The van der Waals surface area contributed by atoms with E-state index < -0.39 is 5.97 Å². The number of hydrogen-bond donors (Lipinski definition) is 2. The average molecular weight is 453 g/mol. The molecule has 3 aromatic carbocycles. The van der Waals surface area contributed by atoms with E-state index in [9.17, 15) is 14.3 Å². The van der Waals surface area contributed by atoms with Crippen LogP contribution in [0, 0.1) is 5.82 Å². The summed E-state index contributed by atoms with van der Waals surface area (Å²) >= 11 is 5.94. The quantitative estimate of drug-likeness (QED) is 0.371. The largest absolute Gasteiger partial charge is 0.497 e. The molecule has 0 atom stereocenters. The van der Waals surface area contributed by atoms with E-state index in [1.807, 2.05) is 30.3 Å². The Balaban J connectivity index is 1.75. The van der Waals surface area contributed by atoms with Crippen molar-refractivity contribution < 1.29 is 19.0 Å². The van der Waals surface area contributed by atoms with E-state index in [-0.39, 0.29) is 18.1 Å². The lowest BCUT2D eigenvalue weighted by Crippen LogP contribution is -2.17. The van der Waals surface area contributed by atoms with E-state index in [0.717, 1.165) is 10.9 Å². The Kier molecular flexibility index (Phi) is 6.44. The first kappa shape index (κ1) is 21.9. The number of halogens is 2. The molecule has 1 heterocycles. The number of hydrogen-bond acceptors (Lipinski definition) is 3. The van der Waals surface area contributed by atoms with E-state index in [1.54, 1.807) is 42.0 Å². The van der Waals surface area contributed by atoms with Gasteiger partial charge in [0, 0.05) is 40.7 Å². The van der Waals surface area contributed by atoms with Gasteiger partial charge in [0.25, 0.3) is 0 Å². The van der Waals surface area contributed by atoms with Crippen LogP contribution in [-0.2, 0) is 19.6 Å². The van der Waals surface area contributed by atoms with Gasteiger partial charge >= 0.3 is 5.97 Å². The number of rotatable bonds is 8. The van der Waals surface area contributed by atoms with Crippen molar-refractivity contribution in [2.24, 2.45) is 0 Å². The Morgan fingerprint density at radius 2 is 1.84 bits per heavy atom. The van der Waals surface area contributed by atoms with Gasteiger partial charge in [0.2, 0.25) is 0 Å². The standard InChI is InChI=1S/C25H22ClFN2O3/c1-32-19-10-11-20-21(14-28-13-16-6-8-18(26)9-7-16)24(25(30)31)29(23(20)12-19)15-17-4-2-3-5-22(17)27/h2-12,28H,13-15H2,1H3,(H,30,31). The molecule has 5 nitrogen and oxygen atoms in total. The molecule has 164 valence electrons. The first-order chi connectivity index (χ1) is 15.5. The fraction of sp³-hybridized carbons (Fsp3) is 0.160. The van der Waals surface area contributed by atoms with Crippen LogP contribution < -0.4 is 10.1 Å². The Bertz CT molecular complexity index is 1270. The van der Waals surface area contributed by atoms with Crippen LogP contribution in [0.15, 0.2) is 66.7 Å². The molecule has 1 aromatic heterocycles. The van der Waals surface area contributed by atoms with E-state index >= 15 is 0 Å². The summed E-state index contributed by atoms with van der Waals surface area (Å²) in [6.07, 6.45) is 0. The van der Waals surface area contributed by atoms with Gasteiger partial charge in [-0.3, -0.25) is 0 Å². The third kappa shape index (κ3) is 4.47. The number of carboxylic acid groups (broad SMARTS) is 1. The summed E-state index contributed by atoms with van der Waals surface area (Å²) in [7, 11) is 1.55. The average Bonchev–Trinajstić information content (AvgIpc) is 3.09. The third-order valence-electron chi connectivity index (χ3n) is 5.41. The zero-order valence-corrected chi connectivity index (χ0v) is 18.2. The maximum atomic E-state index is 14.4. The molecule has 0 aliphatic heterocycles. The fourth-order valence-electron chi connectivity index (χ4n) is 3.85. The number of benzene rings is 3. The normalized spacial score (nSPS) is 11.1. The Labute approximate surface area is 190 Å². The van der Waals surface area contributed by atoms with Crippen molar-refractivity contribution in [1.29, 1.82) is 0 Å². The molecule has 0 amide bonds. The van der Waals surface area contributed by atoms with Crippen LogP contribution in [0.2, 0.25) is 5.02 Å². The lowest BCUT2D eigenvalue weighted by molar-refractivity contribution is 0.0684. The second-order valence-corrected chi connectivity index (χ2v) is 7.86. The van der Waals surface area contributed by atoms with E-state index in [4.69, 9.17) is 16.3 Å². The van der Waals surface area contributed by atoms with Crippen molar-refractivity contribution >= 4 is 28.5 Å². The monoisotopic (exact) mass is 452 g/mol. The molecule has 0 aliphatic carbocycles. The van der Waals surface area contributed by atoms with Gasteiger partial charge in [0.05, 0.1) is 19.2 Å². The van der Waals surface area contributed by atoms with Gasteiger partial charge < -0.3 is 19.7 Å². The summed E-state index contributed by atoms with van der Waals surface area (Å²) in [4.78, 5) is 12.3. The fourth-order valence-corrected chi connectivity index (χ4v) is 3.97. The van der Waals surface area contributed by atoms with Gasteiger partial charge in [-0.15, -0.1) is 0 Å². The maximum absolute atomic E-state index is 14.4. The molecular weight excluding hydrogens is 431 g/mol. The number of ether oxygens (including phenoxy) is 1. The summed E-state index contributed by atoms with van der Waals surface area (Å²) < 4.78 is 21.4. The first-order valence-corrected chi connectivity index (χ1v) is 10.5. The minimum absolute atomic E-state index is 0.0924. The molecular formula is C25H22ClFN2O3. The molecule has 0 fully saturated rings. The molecule has 0 spiro atoms. The molecule has 7 heteroatoms. The highest BCUT2D eigenvalue weighted by Crippen LogP contribution is 2.31. The number of methoxy groups -OCH3 is 1. The highest BCUT2D eigenvalue weighted by molar-refractivity contribution is 6.30. The molecule has 32 heavy (non-hydrogen) atoms. The van der Waals surface area contributed by atoms with E-state index in [1.165, 1.54) is 6.07 Å². The summed E-state index contributed by atoms with van der Waals surface area (Å²) in [6, 6.07) is 19.3. The third-order valence-corrected chi connectivity index (χ3v) is 5.66. The molecule has 0 saturated carbocycles. The Morgan fingerprint density at radius 3 is 2.53 bits per heavy atom. The van der Waals surface area contributed by atoms with Crippen LogP contribution in [0.3, 0.4) is 0 Å². The SMILES string of the molecule is COc1ccc2c(CNCc3ccc(Cl)cc3)c(C(=O)O)n(Cc3ccccc3F)c2c1. The van der Waals surface area contributed by atoms with Crippen LogP contribution in [0.4, 0.5) is 4.39 Å². The number of fused-ring (bicyclic) bond motifs is 1. The predicted molar refractivity (Wildman–Crippen MR) is 123 cm³/mol. The highest BCUT2D eigenvalue weighted by atomic mass is 35.5. The second-order valence-electron chi connectivity index (χ2n) is 7.42. The zero-order chi connectivity index (χ0) is 22.7. The van der Waals surface area contributed by atoms with Crippen molar-refractivity contribution in [2.75, 3.05) is 7.11 Å². The van der Waals surface area contributed by atoms with Crippen molar-refractivity contribution in [1.82, 2.24) is 9.88 Å². The van der Waals surface area contributed by atoms with Crippen LogP contribution in [-0.4, -0.2) is 22.8 Å². The van der Waals surface area contributed by atoms with Gasteiger partial charge in [-0.1, -0.05) is 41.9 Å². The summed E-state index contributed by atoms with van der Waals surface area (Å²) in [5.41, 5.74) is 2.88. The molecule has 0 saturated heterocycles. The van der Waals surface area contributed by atoms with Crippen molar-refractivity contribution in [3.05, 3.63) is 100.0 Å². The minimum atomic E-state index is -1.07. The zero-order valence-electron chi connectivity index (χ0n) is 17.4. The summed E-state index contributed by atoms with van der Waals surface area (Å²) in [5, 5.41) is 14.8. The van der Waals surface area contributed by atoms with Gasteiger partial charge in [0.15, 0.2) is 0 Å². The second kappa shape index (κ2) is 9.42. The molecule has 2 N–H and O–H groups in total. The van der Waals surface area contributed by atoms with Crippen LogP contribution >= 0.6 is 11.6 Å². The number of nitrogens with one attached hydrogen (secondary N) is 1. The lowest BCUT2D eigenvalue weighted by atomic mass is 10.1. The molecule has 4 rings (SSSR count). The minimum Gasteiger partial charge on any atom is -0.497 e. The van der Waals surface area contributed by atoms with Crippen molar-refractivity contribution in [2.45, 2.75) is 19.6 Å². The van der Waals surface area contributed by atoms with Gasteiger partial charge in [-0.2, -0.15) is 0 Å². The number of aromatic nitrogens is 1. The van der Waals surface area contributed by atoms with Crippen LogP contribution in [0.25, 0.3) is 10.9 Å². The number of carbonyl (C=O) groups is 1. The molecule has 0 radical (unpaired) electrons. The summed E-state index contributed by atoms with van der Waals surface area (Å²) in [6.45, 7) is 0.971. The van der Waals surface area contributed by atoms with Crippen LogP contribution in [0.1, 0.15) is 27.2 Å². The van der Waals surface area contributed by atoms with Crippen molar-refractivity contribution in [3.8, 4) is 5.75 Å². The smallest absolute Gasteiger partial charge is 0.352 e. The number of aromatic carboxylic acids is 1.